The molecule has 5 nitrogen and oxygen atoms in total. The molecular weight excluding hydrogens is 358 g/mol. The molecule has 2 fully saturated rings. The van der Waals surface area contributed by atoms with Gasteiger partial charge in [0.15, 0.2) is 0 Å². The molecule has 0 amide bonds. The van der Waals surface area contributed by atoms with Gasteiger partial charge in [0, 0.05) is 58.2 Å². The second-order valence-electron chi connectivity index (χ2n) is 7.71. The Kier molecular flexibility index (Phi) is 6.22. The van der Waals surface area contributed by atoms with Crippen molar-refractivity contribution in [2.45, 2.75) is 19.4 Å². The fraction of sp³-hybridized carbons (Fsp3) is 0.524. The SMILES string of the molecule is Clc1cc(CN2CCCC(CN3CCN(c4ccccn4)CC3)C2)ccn1. The largest absolute Gasteiger partial charge is 0.354 e. The Morgan fingerprint density at radius 3 is 2.63 bits per heavy atom. The highest BCUT2D eigenvalue weighted by Gasteiger charge is 2.24. The first-order valence-electron chi connectivity index (χ1n) is 9.97. The third-order valence-electron chi connectivity index (χ3n) is 5.66. The van der Waals surface area contributed by atoms with Crippen molar-refractivity contribution in [3.63, 3.8) is 0 Å². The highest BCUT2D eigenvalue weighted by molar-refractivity contribution is 6.29. The molecule has 0 aliphatic carbocycles. The van der Waals surface area contributed by atoms with E-state index in [4.69, 9.17) is 11.6 Å². The molecule has 0 aromatic carbocycles. The quantitative estimate of drug-likeness (QED) is 0.739. The molecule has 0 saturated carbocycles. The van der Waals surface area contributed by atoms with Gasteiger partial charge in [0.05, 0.1) is 0 Å². The summed E-state index contributed by atoms with van der Waals surface area (Å²) >= 11 is 6.03. The molecule has 1 unspecified atom stereocenters. The van der Waals surface area contributed by atoms with Crippen molar-refractivity contribution in [1.29, 1.82) is 0 Å². The summed E-state index contributed by atoms with van der Waals surface area (Å²) in [5, 5.41) is 0.590. The van der Waals surface area contributed by atoms with Gasteiger partial charge in [-0.1, -0.05) is 17.7 Å². The van der Waals surface area contributed by atoms with E-state index >= 15 is 0 Å². The number of nitrogens with zero attached hydrogens (tertiary/aromatic N) is 5. The van der Waals surface area contributed by atoms with Gasteiger partial charge in [0.25, 0.3) is 0 Å². The van der Waals surface area contributed by atoms with Gasteiger partial charge in [0.2, 0.25) is 0 Å². The van der Waals surface area contributed by atoms with Crippen LogP contribution in [0.2, 0.25) is 5.15 Å². The zero-order chi connectivity index (χ0) is 18.5. The van der Waals surface area contributed by atoms with Crippen molar-refractivity contribution in [2.24, 2.45) is 5.92 Å². The summed E-state index contributed by atoms with van der Waals surface area (Å²) in [4.78, 5) is 16.2. The lowest BCUT2D eigenvalue weighted by molar-refractivity contribution is 0.124. The van der Waals surface area contributed by atoms with E-state index in [9.17, 15) is 0 Å². The topological polar surface area (TPSA) is 35.5 Å². The van der Waals surface area contributed by atoms with Crippen LogP contribution in [0.3, 0.4) is 0 Å². The molecule has 2 aromatic rings. The Bertz CT molecular complexity index is 718. The highest BCUT2D eigenvalue weighted by Crippen LogP contribution is 2.21. The Hall–Kier alpha value is -1.69. The number of aromatic nitrogens is 2. The molecule has 144 valence electrons. The molecule has 2 aromatic heterocycles. The number of likely N-dealkylation sites (tertiary alicyclic amines) is 1. The van der Waals surface area contributed by atoms with E-state index in [0.29, 0.717) is 5.15 Å². The van der Waals surface area contributed by atoms with E-state index in [1.165, 1.54) is 38.0 Å². The van der Waals surface area contributed by atoms with Crippen molar-refractivity contribution in [2.75, 3.05) is 50.7 Å². The zero-order valence-corrected chi connectivity index (χ0v) is 16.6. The van der Waals surface area contributed by atoms with Crippen molar-refractivity contribution in [3.8, 4) is 0 Å². The van der Waals surface area contributed by atoms with Crippen molar-refractivity contribution in [3.05, 3.63) is 53.4 Å². The number of piperidine rings is 1. The molecule has 0 N–H and O–H groups in total. The molecule has 4 rings (SSSR count). The summed E-state index contributed by atoms with van der Waals surface area (Å²) in [6.45, 7) is 8.96. The van der Waals surface area contributed by atoms with Crippen LogP contribution in [-0.2, 0) is 6.54 Å². The fourth-order valence-corrected chi connectivity index (χ4v) is 4.51. The Morgan fingerprint density at radius 2 is 1.85 bits per heavy atom. The average molecular weight is 386 g/mol. The number of hydrogen-bond donors (Lipinski definition) is 0. The summed E-state index contributed by atoms with van der Waals surface area (Å²) in [7, 11) is 0. The number of rotatable bonds is 5. The van der Waals surface area contributed by atoms with Gasteiger partial charge in [0.1, 0.15) is 11.0 Å². The predicted molar refractivity (Wildman–Crippen MR) is 110 cm³/mol. The summed E-state index contributed by atoms with van der Waals surface area (Å²) in [5.74, 6) is 1.87. The minimum absolute atomic E-state index is 0.590. The Morgan fingerprint density at radius 1 is 0.963 bits per heavy atom. The van der Waals surface area contributed by atoms with E-state index in [1.54, 1.807) is 6.20 Å². The van der Waals surface area contributed by atoms with Gasteiger partial charge in [-0.25, -0.2) is 9.97 Å². The second kappa shape index (κ2) is 9.00. The zero-order valence-electron chi connectivity index (χ0n) is 15.8. The molecule has 2 saturated heterocycles. The molecule has 6 heteroatoms. The van der Waals surface area contributed by atoms with Crippen LogP contribution in [0, 0.1) is 5.92 Å². The van der Waals surface area contributed by atoms with Crippen LogP contribution in [0.1, 0.15) is 18.4 Å². The summed E-state index contributed by atoms with van der Waals surface area (Å²) in [5.41, 5.74) is 1.26. The third-order valence-corrected chi connectivity index (χ3v) is 5.87. The highest BCUT2D eigenvalue weighted by atomic mass is 35.5. The molecule has 0 bridgehead atoms. The Labute approximate surface area is 167 Å². The van der Waals surface area contributed by atoms with Gasteiger partial charge in [-0.15, -0.1) is 0 Å². The lowest BCUT2D eigenvalue weighted by atomic mass is 9.96. The van der Waals surface area contributed by atoms with Crippen LogP contribution in [-0.4, -0.2) is 65.6 Å². The minimum Gasteiger partial charge on any atom is -0.354 e. The fourth-order valence-electron chi connectivity index (χ4n) is 4.31. The van der Waals surface area contributed by atoms with Crippen LogP contribution in [0.25, 0.3) is 0 Å². The normalized spacial score (nSPS) is 22.1. The third kappa shape index (κ3) is 5.18. The van der Waals surface area contributed by atoms with E-state index in [0.717, 1.165) is 44.5 Å². The van der Waals surface area contributed by atoms with Crippen LogP contribution in [0.15, 0.2) is 42.7 Å². The lowest BCUT2D eigenvalue weighted by Gasteiger charge is -2.39. The number of halogens is 1. The first-order valence-corrected chi connectivity index (χ1v) is 10.4. The first-order chi connectivity index (χ1) is 13.3. The molecule has 2 aliphatic rings. The van der Waals surface area contributed by atoms with Gasteiger partial charge < -0.3 is 4.90 Å². The molecule has 4 heterocycles. The predicted octanol–water partition coefficient (Wildman–Crippen LogP) is 3.16. The number of pyridine rings is 2. The van der Waals surface area contributed by atoms with Crippen molar-refractivity contribution >= 4 is 17.4 Å². The van der Waals surface area contributed by atoms with E-state index in [1.807, 2.05) is 18.3 Å². The minimum atomic E-state index is 0.590. The maximum Gasteiger partial charge on any atom is 0.129 e. The molecule has 1 atom stereocenters. The summed E-state index contributed by atoms with van der Waals surface area (Å²) in [6.07, 6.45) is 6.32. The van der Waals surface area contributed by atoms with Crippen LogP contribution in [0.5, 0.6) is 0 Å². The molecular formula is C21H28ClN5. The second-order valence-corrected chi connectivity index (χ2v) is 8.09. The smallest absolute Gasteiger partial charge is 0.129 e. The van der Waals surface area contributed by atoms with E-state index in [2.05, 4.69) is 42.9 Å². The van der Waals surface area contributed by atoms with Crippen LogP contribution in [0.4, 0.5) is 5.82 Å². The maximum atomic E-state index is 6.03. The van der Waals surface area contributed by atoms with E-state index in [-0.39, 0.29) is 0 Å². The van der Waals surface area contributed by atoms with Gasteiger partial charge in [-0.05, 0) is 55.1 Å². The van der Waals surface area contributed by atoms with Gasteiger partial charge in [-0.2, -0.15) is 0 Å². The van der Waals surface area contributed by atoms with Crippen molar-refractivity contribution < 1.29 is 0 Å². The number of hydrogen-bond acceptors (Lipinski definition) is 5. The van der Waals surface area contributed by atoms with E-state index < -0.39 is 0 Å². The average Bonchev–Trinajstić information content (AvgIpc) is 2.70. The first kappa shape index (κ1) is 18.7. The monoisotopic (exact) mass is 385 g/mol. The number of anilines is 1. The van der Waals surface area contributed by atoms with Crippen LogP contribution >= 0.6 is 11.6 Å². The summed E-state index contributed by atoms with van der Waals surface area (Å²) in [6, 6.07) is 10.2. The van der Waals surface area contributed by atoms with Gasteiger partial charge >= 0.3 is 0 Å². The van der Waals surface area contributed by atoms with Crippen molar-refractivity contribution in [1.82, 2.24) is 19.8 Å². The summed E-state index contributed by atoms with van der Waals surface area (Å²) < 4.78 is 0. The number of piperazine rings is 1. The molecule has 2 aliphatic heterocycles. The molecule has 0 radical (unpaired) electrons. The van der Waals surface area contributed by atoms with Gasteiger partial charge in [-0.3, -0.25) is 9.80 Å². The van der Waals surface area contributed by atoms with Crippen LogP contribution < -0.4 is 4.90 Å². The standard InChI is InChI=1S/C21H28ClN5/c22-20-14-18(6-8-23-20)15-26-9-3-4-19(17-26)16-25-10-12-27(13-11-25)21-5-1-2-7-24-21/h1-2,5-8,14,19H,3-4,9-13,15-17H2. The lowest BCUT2D eigenvalue weighted by Crippen LogP contribution is -2.49. The molecule has 27 heavy (non-hydrogen) atoms. The Balaban J connectivity index is 1.25. The molecule has 0 spiro atoms. The maximum absolute atomic E-state index is 6.03.